The molecule has 1 fully saturated rings. The smallest absolute Gasteiger partial charge is 0.182 e. The molecule has 4 heteroatoms. The molecule has 0 unspecified atom stereocenters. The first-order valence-electron chi connectivity index (χ1n) is 9.05. The van der Waals surface area contributed by atoms with Crippen LogP contribution in [0.3, 0.4) is 0 Å². The number of ketones is 3. The molecule has 0 saturated heterocycles. The molecule has 1 saturated carbocycles. The van der Waals surface area contributed by atoms with Crippen LogP contribution < -0.4 is 0 Å². The van der Waals surface area contributed by atoms with Crippen LogP contribution in [0.15, 0.2) is 11.3 Å². The van der Waals surface area contributed by atoms with Gasteiger partial charge in [0.25, 0.3) is 0 Å². The number of rotatable bonds is 5. The van der Waals surface area contributed by atoms with Gasteiger partial charge in [0.05, 0.1) is 17.9 Å². The van der Waals surface area contributed by atoms with Gasteiger partial charge < -0.3 is 4.74 Å². The predicted molar refractivity (Wildman–Crippen MR) is 92.4 cm³/mol. The molecule has 0 amide bonds. The van der Waals surface area contributed by atoms with Crippen LogP contribution in [0.2, 0.25) is 0 Å². The van der Waals surface area contributed by atoms with E-state index in [1.165, 1.54) is 39.2 Å². The summed E-state index contributed by atoms with van der Waals surface area (Å²) >= 11 is 0. The number of hydrogen-bond acceptors (Lipinski definition) is 4. The van der Waals surface area contributed by atoms with Gasteiger partial charge in [-0.05, 0) is 40.0 Å². The molecule has 0 aliphatic heterocycles. The number of carbonyl (C=O) groups is 3. The Morgan fingerprint density at radius 3 is 2.17 bits per heavy atom. The molecule has 134 valence electrons. The molecule has 4 nitrogen and oxygen atoms in total. The third-order valence-electron chi connectivity index (χ3n) is 5.71. The fourth-order valence-electron chi connectivity index (χ4n) is 4.26. The van der Waals surface area contributed by atoms with Crippen LogP contribution in [0.4, 0.5) is 0 Å². The average molecular weight is 334 g/mol. The minimum atomic E-state index is -1.18. The molecule has 0 heterocycles. The summed E-state index contributed by atoms with van der Waals surface area (Å²) in [7, 11) is 1.43. The van der Waals surface area contributed by atoms with Crippen molar-refractivity contribution in [1.82, 2.24) is 0 Å². The van der Waals surface area contributed by atoms with E-state index in [9.17, 15) is 14.4 Å². The van der Waals surface area contributed by atoms with Gasteiger partial charge in [0.2, 0.25) is 0 Å². The highest BCUT2D eigenvalue weighted by Crippen LogP contribution is 2.45. The van der Waals surface area contributed by atoms with Gasteiger partial charge in [0.1, 0.15) is 11.3 Å². The number of Topliss-reactive ketones (excluding diaryl/α,β-unsaturated/α-hetero) is 3. The molecule has 0 atom stereocenters. The number of methoxy groups -OCH3 is 1. The molecule has 0 spiro atoms. The number of carbonyl (C=O) groups excluding carboxylic acids is 3. The van der Waals surface area contributed by atoms with E-state index < -0.39 is 16.6 Å². The first-order valence-corrected chi connectivity index (χ1v) is 9.05. The Kier molecular flexibility index (Phi) is 5.36. The van der Waals surface area contributed by atoms with Crippen LogP contribution in [0.25, 0.3) is 0 Å². The molecule has 0 N–H and O–H groups in total. The fourth-order valence-corrected chi connectivity index (χ4v) is 4.26. The van der Waals surface area contributed by atoms with Gasteiger partial charge in [-0.25, -0.2) is 0 Å². The third-order valence-corrected chi connectivity index (χ3v) is 5.71. The van der Waals surface area contributed by atoms with E-state index in [2.05, 4.69) is 0 Å². The predicted octanol–water partition coefficient (Wildman–Crippen LogP) is 4.02. The summed E-state index contributed by atoms with van der Waals surface area (Å²) in [6.45, 7) is 6.69. The molecule has 0 aromatic heterocycles. The van der Waals surface area contributed by atoms with E-state index in [0.29, 0.717) is 12.3 Å². The molecule has 24 heavy (non-hydrogen) atoms. The summed E-state index contributed by atoms with van der Waals surface area (Å²) in [5.41, 5.74) is -2.02. The van der Waals surface area contributed by atoms with Crippen LogP contribution in [0.1, 0.15) is 72.6 Å². The normalized spacial score (nSPS) is 24.2. The highest BCUT2D eigenvalue weighted by Gasteiger charge is 2.54. The lowest BCUT2D eigenvalue weighted by atomic mass is 9.62. The Morgan fingerprint density at radius 2 is 1.62 bits per heavy atom. The van der Waals surface area contributed by atoms with Gasteiger partial charge in [-0.1, -0.05) is 32.1 Å². The van der Waals surface area contributed by atoms with E-state index in [4.69, 9.17) is 4.74 Å². The maximum atomic E-state index is 12.8. The largest absolute Gasteiger partial charge is 0.499 e. The summed E-state index contributed by atoms with van der Waals surface area (Å²) in [5, 5.41) is 0. The molecule has 0 aromatic rings. The number of hydrogen-bond donors (Lipinski definition) is 0. The molecule has 2 aliphatic rings. The first-order chi connectivity index (χ1) is 11.1. The maximum absolute atomic E-state index is 12.8. The second-order valence-corrected chi connectivity index (χ2v) is 8.28. The van der Waals surface area contributed by atoms with Crippen LogP contribution >= 0.6 is 0 Å². The van der Waals surface area contributed by atoms with Gasteiger partial charge in [-0.3, -0.25) is 14.4 Å². The summed E-state index contributed by atoms with van der Waals surface area (Å²) in [6, 6.07) is 0. The van der Waals surface area contributed by atoms with E-state index in [1.54, 1.807) is 27.7 Å². The van der Waals surface area contributed by atoms with Crippen molar-refractivity contribution in [3.05, 3.63) is 11.3 Å². The average Bonchev–Trinajstić information content (AvgIpc) is 2.55. The van der Waals surface area contributed by atoms with Gasteiger partial charge in [-0.2, -0.15) is 0 Å². The zero-order valence-corrected chi connectivity index (χ0v) is 15.7. The fraction of sp³-hybridized carbons (Fsp3) is 0.750. The molecule has 0 radical (unpaired) electrons. The third kappa shape index (κ3) is 3.20. The molecule has 2 aliphatic carbocycles. The summed E-state index contributed by atoms with van der Waals surface area (Å²) < 4.78 is 5.38. The Balaban J connectivity index is 2.28. The quantitative estimate of drug-likeness (QED) is 0.563. The van der Waals surface area contributed by atoms with E-state index >= 15 is 0 Å². The minimum Gasteiger partial charge on any atom is -0.499 e. The van der Waals surface area contributed by atoms with Crippen molar-refractivity contribution in [2.75, 3.05) is 7.11 Å². The zero-order chi connectivity index (χ0) is 18.1. The molecule has 0 bridgehead atoms. The van der Waals surface area contributed by atoms with Crippen molar-refractivity contribution in [1.29, 1.82) is 0 Å². The Labute approximate surface area is 145 Å². The minimum absolute atomic E-state index is 0.114. The van der Waals surface area contributed by atoms with Gasteiger partial charge in [-0.15, -0.1) is 0 Å². The molecule has 2 rings (SSSR count). The monoisotopic (exact) mass is 334 g/mol. The summed E-state index contributed by atoms with van der Waals surface area (Å²) in [4.78, 5) is 38.3. The van der Waals surface area contributed by atoms with E-state index in [0.717, 1.165) is 6.42 Å². The highest BCUT2D eigenvalue weighted by molar-refractivity contribution is 6.30. The van der Waals surface area contributed by atoms with Crippen LogP contribution in [0, 0.1) is 16.7 Å². The maximum Gasteiger partial charge on any atom is 0.182 e. The summed E-state index contributed by atoms with van der Waals surface area (Å²) in [5.74, 6) is 0.0650. The second kappa shape index (κ2) is 6.81. The first kappa shape index (κ1) is 18.9. The second-order valence-electron chi connectivity index (χ2n) is 8.28. The number of allylic oxidation sites excluding steroid dienone is 2. The lowest BCUT2D eigenvalue weighted by Crippen LogP contribution is -2.50. The van der Waals surface area contributed by atoms with Crippen LogP contribution in [-0.4, -0.2) is 24.5 Å². The van der Waals surface area contributed by atoms with Crippen LogP contribution in [0.5, 0.6) is 0 Å². The van der Waals surface area contributed by atoms with Gasteiger partial charge in [0.15, 0.2) is 17.3 Å². The van der Waals surface area contributed by atoms with Crippen molar-refractivity contribution in [3.63, 3.8) is 0 Å². The van der Waals surface area contributed by atoms with Crippen molar-refractivity contribution >= 4 is 17.3 Å². The van der Waals surface area contributed by atoms with Crippen molar-refractivity contribution in [3.8, 4) is 0 Å². The zero-order valence-electron chi connectivity index (χ0n) is 15.7. The lowest BCUT2D eigenvalue weighted by Gasteiger charge is -2.39. The van der Waals surface area contributed by atoms with Crippen molar-refractivity contribution in [2.45, 2.75) is 72.6 Å². The SMILES string of the molecule is COC1=C(C(=O)CCC2CCCCC2)C(=O)C(C)(C)C(=O)C1(C)C. The summed E-state index contributed by atoms with van der Waals surface area (Å²) in [6.07, 6.45) is 7.28. The lowest BCUT2D eigenvalue weighted by molar-refractivity contribution is -0.145. The standard InChI is InChI=1S/C20H30O4/c1-19(2)16(22)15(17(24-5)20(3,4)18(19)23)14(21)12-11-13-9-7-6-8-10-13/h13H,6-12H2,1-5H3. The Morgan fingerprint density at radius 1 is 1.04 bits per heavy atom. The van der Waals surface area contributed by atoms with E-state index in [1.807, 2.05) is 0 Å². The van der Waals surface area contributed by atoms with Crippen molar-refractivity contribution < 1.29 is 19.1 Å². The van der Waals surface area contributed by atoms with Gasteiger partial charge in [0, 0.05) is 6.42 Å². The molecular formula is C20H30O4. The Bertz CT molecular complexity index is 574. The van der Waals surface area contributed by atoms with E-state index in [-0.39, 0.29) is 22.9 Å². The van der Waals surface area contributed by atoms with Gasteiger partial charge >= 0.3 is 0 Å². The van der Waals surface area contributed by atoms with Crippen LogP contribution in [-0.2, 0) is 19.1 Å². The van der Waals surface area contributed by atoms with Crippen molar-refractivity contribution in [2.24, 2.45) is 16.7 Å². The molecule has 0 aromatic carbocycles. The molecular weight excluding hydrogens is 304 g/mol. The number of ether oxygens (including phenoxy) is 1. The Hall–Kier alpha value is -1.45. The highest BCUT2D eigenvalue weighted by atomic mass is 16.5. The topological polar surface area (TPSA) is 60.4 Å².